The third-order valence-electron chi connectivity index (χ3n) is 3.27. The fraction of sp³-hybridized carbons (Fsp3) is 0.538. The van der Waals surface area contributed by atoms with Crippen LogP contribution in [0.15, 0.2) is 24.3 Å². The third kappa shape index (κ3) is 3.99. The zero-order valence-electron chi connectivity index (χ0n) is 10.5. The molecule has 1 aromatic rings. The Morgan fingerprint density at radius 1 is 1.39 bits per heavy atom. The van der Waals surface area contributed by atoms with Gasteiger partial charge < -0.3 is 10.4 Å². The number of hydrogen-bond acceptors (Lipinski definition) is 4. The molecule has 0 spiro atoms. The molecule has 0 heterocycles. The number of phenolic OH excluding ortho intramolecular Hbond substituents is 1. The Morgan fingerprint density at radius 2 is 2.11 bits per heavy atom. The van der Waals surface area contributed by atoms with Gasteiger partial charge in [0.15, 0.2) is 0 Å². The van der Waals surface area contributed by atoms with E-state index < -0.39 is 9.84 Å². The highest BCUT2D eigenvalue weighted by Crippen LogP contribution is 2.46. The van der Waals surface area contributed by atoms with Gasteiger partial charge in [0, 0.05) is 19.3 Å². The van der Waals surface area contributed by atoms with E-state index in [4.69, 9.17) is 0 Å². The molecule has 0 aromatic heterocycles. The summed E-state index contributed by atoms with van der Waals surface area (Å²) in [7, 11) is -2.90. The summed E-state index contributed by atoms with van der Waals surface area (Å²) in [6, 6.07) is 7.08. The molecule has 0 radical (unpaired) electrons. The van der Waals surface area contributed by atoms with Crippen LogP contribution in [0.25, 0.3) is 0 Å². The van der Waals surface area contributed by atoms with E-state index in [9.17, 15) is 13.5 Å². The monoisotopic (exact) mass is 269 g/mol. The fourth-order valence-electron chi connectivity index (χ4n) is 2.24. The molecular weight excluding hydrogens is 250 g/mol. The molecule has 1 fully saturated rings. The first-order valence-corrected chi connectivity index (χ1v) is 8.11. The summed E-state index contributed by atoms with van der Waals surface area (Å²) in [5.41, 5.74) is 0.954. The molecule has 0 unspecified atom stereocenters. The molecule has 5 heteroatoms. The first-order chi connectivity index (χ1) is 8.39. The van der Waals surface area contributed by atoms with Gasteiger partial charge in [-0.25, -0.2) is 8.42 Å². The number of rotatable bonds is 6. The molecule has 0 aliphatic heterocycles. The Hall–Kier alpha value is -1.07. The lowest BCUT2D eigenvalue weighted by Crippen LogP contribution is -2.29. The number of hydrogen-bond donors (Lipinski definition) is 2. The van der Waals surface area contributed by atoms with E-state index in [0.29, 0.717) is 6.54 Å². The van der Waals surface area contributed by atoms with E-state index in [0.717, 1.165) is 24.9 Å². The second kappa shape index (κ2) is 4.90. The molecule has 0 saturated heterocycles. The maximum absolute atomic E-state index is 11.3. The minimum Gasteiger partial charge on any atom is -0.508 e. The fourth-order valence-corrected chi connectivity index (χ4v) is 3.75. The van der Waals surface area contributed by atoms with Gasteiger partial charge in [-0.05, 0) is 36.0 Å². The number of benzene rings is 1. The first kappa shape index (κ1) is 13.4. The minimum atomic E-state index is -2.90. The van der Waals surface area contributed by atoms with Crippen LogP contribution in [0.3, 0.4) is 0 Å². The SMILES string of the molecule is CS(=O)(=O)CC1(CNCc2cccc(O)c2)CC1. The predicted octanol–water partition coefficient (Wildman–Crippen LogP) is 1.31. The summed E-state index contributed by atoms with van der Waals surface area (Å²) < 4.78 is 22.6. The van der Waals surface area contributed by atoms with Crippen LogP contribution in [0.2, 0.25) is 0 Å². The molecule has 1 aromatic carbocycles. The zero-order chi connectivity index (χ0) is 13.2. The molecular formula is C13H19NO3S. The van der Waals surface area contributed by atoms with Crippen LogP contribution < -0.4 is 5.32 Å². The predicted molar refractivity (Wildman–Crippen MR) is 71.2 cm³/mol. The van der Waals surface area contributed by atoms with Crippen molar-refractivity contribution in [3.63, 3.8) is 0 Å². The molecule has 18 heavy (non-hydrogen) atoms. The third-order valence-corrected chi connectivity index (χ3v) is 4.40. The van der Waals surface area contributed by atoms with Gasteiger partial charge >= 0.3 is 0 Å². The van der Waals surface area contributed by atoms with Gasteiger partial charge in [0.05, 0.1) is 5.75 Å². The summed E-state index contributed by atoms with van der Waals surface area (Å²) in [4.78, 5) is 0. The van der Waals surface area contributed by atoms with Crippen LogP contribution in [-0.2, 0) is 16.4 Å². The minimum absolute atomic E-state index is 0.0512. The van der Waals surface area contributed by atoms with Crippen molar-refractivity contribution in [3.05, 3.63) is 29.8 Å². The second-order valence-electron chi connectivity index (χ2n) is 5.34. The van der Waals surface area contributed by atoms with Crippen molar-refractivity contribution in [3.8, 4) is 5.75 Å². The molecule has 100 valence electrons. The average molecular weight is 269 g/mol. The van der Waals surface area contributed by atoms with Gasteiger partial charge in [0.25, 0.3) is 0 Å². The van der Waals surface area contributed by atoms with Gasteiger partial charge in [-0.2, -0.15) is 0 Å². The molecule has 2 rings (SSSR count). The van der Waals surface area contributed by atoms with Gasteiger partial charge in [0.2, 0.25) is 0 Å². The number of nitrogens with one attached hydrogen (secondary N) is 1. The maximum Gasteiger partial charge on any atom is 0.148 e. The van der Waals surface area contributed by atoms with Crippen LogP contribution in [0, 0.1) is 5.41 Å². The lowest BCUT2D eigenvalue weighted by atomic mass is 10.1. The van der Waals surface area contributed by atoms with Crippen molar-refractivity contribution in [2.24, 2.45) is 5.41 Å². The number of phenols is 1. The topological polar surface area (TPSA) is 66.4 Å². The van der Waals surface area contributed by atoms with Crippen LogP contribution in [0.5, 0.6) is 5.75 Å². The standard InChI is InChI=1S/C13H19NO3S/c1-18(16,17)10-13(5-6-13)9-14-8-11-3-2-4-12(15)7-11/h2-4,7,14-15H,5-6,8-10H2,1H3. The summed E-state index contributed by atoms with van der Waals surface area (Å²) in [5, 5.41) is 12.6. The highest BCUT2D eigenvalue weighted by atomic mass is 32.2. The highest BCUT2D eigenvalue weighted by molar-refractivity contribution is 7.90. The first-order valence-electron chi connectivity index (χ1n) is 6.05. The van der Waals surface area contributed by atoms with Crippen molar-refractivity contribution in [2.75, 3.05) is 18.6 Å². The van der Waals surface area contributed by atoms with E-state index in [-0.39, 0.29) is 16.9 Å². The van der Waals surface area contributed by atoms with Crippen LogP contribution in [0.1, 0.15) is 18.4 Å². The van der Waals surface area contributed by atoms with Crippen LogP contribution >= 0.6 is 0 Å². The van der Waals surface area contributed by atoms with E-state index >= 15 is 0 Å². The Balaban J connectivity index is 1.82. The molecule has 1 saturated carbocycles. The van der Waals surface area contributed by atoms with E-state index in [1.165, 1.54) is 6.26 Å². The normalized spacial score (nSPS) is 17.6. The average Bonchev–Trinajstić information content (AvgIpc) is 2.95. The van der Waals surface area contributed by atoms with Crippen molar-refractivity contribution in [2.45, 2.75) is 19.4 Å². The number of sulfone groups is 1. The smallest absolute Gasteiger partial charge is 0.148 e. The molecule has 1 aliphatic carbocycles. The molecule has 0 atom stereocenters. The summed E-state index contributed by atoms with van der Waals surface area (Å²) in [6.45, 7) is 1.37. The van der Waals surface area contributed by atoms with Gasteiger partial charge in [-0.15, -0.1) is 0 Å². The van der Waals surface area contributed by atoms with Gasteiger partial charge in [-0.3, -0.25) is 0 Å². The van der Waals surface area contributed by atoms with Crippen LogP contribution in [-0.4, -0.2) is 32.1 Å². The highest BCUT2D eigenvalue weighted by Gasteiger charge is 2.44. The van der Waals surface area contributed by atoms with Crippen LogP contribution in [0.4, 0.5) is 0 Å². The van der Waals surface area contributed by atoms with E-state index in [1.807, 2.05) is 6.07 Å². The van der Waals surface area contributed by atoms with E-state index in [2.05, 4.69) is 5.32 Å². The lowest BCUT2D eigenvalue weighted by molar-refractivity contribution is 0.472. The Labute approximate surface area is 108 Å². The maximum atomic E-state index is 11.3. The second-order valence-corrected chi connectivity index (χ2v) is 7.48. The quantitative estimate of drug-likeness (QED) is 0.817. The van der Waals surface area contributed by atoms with E-state index in [1.54, 1.807) is 18.2 Å². The molecule has 2 N–H and O–H groups in total. The molecule has 0 amide bonds. The Bertz CT molecular complexity index is 521. The number of aromatic hydroxyl groups is 1. The van der Waals surface area contributed by atoms with Crippen molar-refractivity contribution in [1.82, 2.24) is 5.32 Å². The summed E-state index contributed by atoms with van der Waals surface area (Å²) in [5.74, 6) is 0.527. The van der Waals surface area contributed by atoms with Gasteiger partial charge in [-0.1, -0.05) is 12.1 Å². The van der Waals surface area contributed by atoms with Gasteiger partial charge in [0.1, 0.15) is 15.6 Å². The van der Waals surface area contributed by atoms with Crippen molar-refractivity contribution >= 4 is 9.84 Å². The largest absolute Gasteiger partial charge is 0.508 e. The lowest BCUT2D eigenvalue weighted by Gasteiger charge is -2.14. The Morgan fingerprint density at radius 3 is 2.67 bits per heavy atom. The van der Waals surface area contributed by atoms with Crippen molar-refractivity contribution in [1.29, 1.82) is 0 Å². The molecule has 1 aliphatic rings. The van der Waals surface area contributed by atoms with Crippen molar-refractivity contribution < 1.29 is 13.5 Å². The summed E-state index contributed by atoms with van der Waals surface area (Å²) in [6.07, 6.45) is 3.25. The zero-order valence-corrected chi connectivity index (χ0v) is 11.3. The Kier molecular flexibility index (Phi) is 3.64. The molecule has 0 bridgehead atoms. The summed E-state index contributed by atoms with van der Waals surface area (Å²) >= 11 is 0. The molecule has 4 nitrogen and oxygen atoms in total.